The predicted molar refractivity (Wildman–Crippen MR) is 161 cm³/mol. The van der Waals surface area contributed by atoms with Gasteiger partial charge in [0.15, 0.2) is 25.1 Å². The Bertz CT molecular complexity index is 1100. The third-order valence-electron chi connectivity index (χ3n) is 9.54. The van der Waals surface area contributed by atoms with Crippen molar-refractivity contribution in [1.29, 1.82) is 0 Å². The highest BCUT2D eigenvalue weighted by atomic mass is 16.8. The lowest BCUT2D eigenvalue weighted by Gasteiger charge is -2.51. The van der Waals surface area contributed by atoms with Crippen LogP contribution in [0.2, 0.25) is 0 Å². The van der Waals surface area contributed by atoms with Crippen molar-refractivity contribution in [3.63, 3.8) is 0 Å². The molecule has 0 radical (unpaired) electrons. The molecule has 50 heavy (non-hydrogen) atoms. The molecule has 4 aliphatic rings. The van der Waals surface area contributed by atoms with Crippen molar-refractivity contribution in [1.82, 2.24) is 4.90 Å². The largest absolute Gasteiger partial charge is 0.394 e. The number of hydrogen-bond donors (Lipinski definition) is 11. The van der Waals surface area contributed by atoms with E-state index < -0.39 is 148 Å². The maximum absolute atomic E-state index is 12.3. The summed E-state index contributed by atoms with van der Waals surface area (Å²) in [5.74, 6) is -1.54. The van der Waals surface area contributed by atoms with E-state index in [1.807, 2.05) is 0 Å². The van der Waals surface area contributed by atoms with Crippen LogP contribution in [0.3, 0.4) is 0 Å². The Morgan fingerprint density at radius 1 is 0.620 bits per heavy atom. The Hall–Kier alpha value is -1.51. The maximum Gasteiger partial charge on any atom is 0.221 e. The minimum Gasteiger partial charge on any atom is -0.394 e. The molecular weight excluding hydrogens is 678 g/mol. The first-order valence-corrected chi connectivity index (χ1v) is 16.3. The van der Waals surface area contributed by atoms with Crippen LogP contribution in [0.25, 0.3) is 0 Å². The van der Waals surface area contributed by atoms with Crippen LogP contribution in [0.1, 0.15) is 20.8 Å². The number of aliphatic hydroxyl groups is 11. The molecule has 4 heterocycles. The molecule has 0 aromatic carbocycles. The lowest BCUT2D eigenvalue weighted by atomic mass is 9.91. The predicted octanol–water partition coefficient (Wildman–Crippen LogP) is -6.40. The first-order chi connectivity index (χ1) is 23.6. The molecule has 0 bridgehead atoms. The topological polar surface area (TPSA) is 307 Å². The summed E-state index contributed by atoms with van der Waals surface area (Å²) in [6.07, 6.45) is -29.3. The zero-order valence-electron chi connectivity index (χ0n) is 27.8. The summed E-state index contributed by atoms with van der Waals surface area (Å²) >= 11 is 0. The van der Waals surface area contributed by atoms with Gasteiger partial charge in [-0.2, -0.15) is 0 Å². The molecule has 0 aliphatic carbocycles. The standard InChI is InChI=1S/C30H51NO19/c1-5-6-31(12(4)35)27-22(42)21(41)24(15(9-34)45-27)48-30-26(50-29-23(43)20(40)17(37)11(3)44-29)25(19(39)14(8-33)47-30)49-28-10(2)16(36)18(38)13(7-32)46-28/h5,10-11,13-30,32-34,36-43H,1,6-9H2,2-4H3/t10-,11?,13?,14?,15-,16+,17+,18-,19-,20-,21?,22?,23+,24+,25-,26-,27?,28?,29?,30?/m0/s1. The van der Waals surface area contributed by atoms with Gasteiger partial charge in [-0.05, 0) is 6.92 Å². The molecule has 0 saturated carbocycles. The third-order valence-corrected chi connectivity index (χ3v) is 9.54. The Balaban J connectivity index is 1.70. The van der Waals surface area contributed by atoms with Crippen LogP contribution in [-0.2, 0) is 38.0 Å². The van der Waals surface area contributed by atoms with Crippen molar-refractivity contribution in [2.24, 2.45) is 5.92 Å². The quantitative estimate of drug-likeness (QED) is 0.0832. The number of carbonyl (C=O) groups is 1. The van der Waals surface area contributed by atoms with E-state index in [2.05, 4.69) is 6.58 Å². The van der Waals surface area contributed by atoms with E-state index in [4.69, 9.17) is 33.2 Å². The number of ether oxygens (including phenoxy) is 7. The summed E-state index contributed by atoms with van der Waals surface area (Å²) < 4.78 is 41.0. The van der Waals surface area contributed by atoms with Gasteiger partial charge < -0.3 is 94.2 Å². The molecule has 20 atom stereocenters. The van der Waals surface area contributed by atoms with E-state index in [-0.39, 0.29) is 6.54 Å². The fourth-order valence-corrected chi connectivity index (χ4v) is 6.46. The van der Waals surface area contributed by atoms with Crippen LogP contribution in [0, 0.1) is 5.92 Å². The van der Waals surface area contributed by atoms with Crippen molar-refractivity contribution in [3.8, 4) is 0 Å². The highest BCUT2D eigenvalue weighted by Gasteiger charge is 2.56. The first kappa shape index (κ1) is 41.2. The molecule has 0 spiro atoms. The van der Waals surface area contributed by atoms with Crippen molar-refractivity contribution in [2.75, 3.05) is 26.4 Å². The maximum atomic E-state index is 12.3. The van der Waals surface area contributed by atoms with Gasteiger partial charge in [-0.1, -0.05) is 13.0 Å². The second-order valence-corrected chi connectivity index (χ2v) is 13.0. The van der Waals surface area contributed by atoms with Gasteiger partial charge in [0, 0.05) is 19.4 Å². The smallest absolute Gasteiger partial charge is 0.221 e. The number of rotatable bonds is 12. The molecule has 4 aliphatic heterocycles. The molecule has 9 unspecified atom stereocenters. The number of nitrogens with zero attached hydrogens (tertiary/aromatic N) is 1. The van der Waals surface area contributed by atoms with E-state index in [9.17, 15) is 61.0 Å². The van der Waals surface area contributed by atoms with Crippen LogP contribution in [-0.4, -0.2) is 210 Å². The Labute approximate surface area is 287 Å². The lowest BCUT2D eigenvalue weighted by Crippen LogP contribution is -2.69. The molecule has 0 aromatic rings. The molecular formula is C30H51NO19. The number of hydrogen-bond acceptors (Lipinski definition) is 19. The lowest BCUT2D eigenvalue weighted by molar-refractivity contribution is -0.400. The van der Waals surface area contributed by atoms with Crippen molar-refractivity contribution in [2.45, 2.75) is 137 Å². The van der Waals surface area contributed by atoms with Crippen LogP contribution in [0.15, 0.2) is 12.7 Å². The fourth-order valence-electron chi connectivity index (χ4n) is 6.46. The van der Waals surface area contributed by atoms with E-state index in [0.717, 1.165) is 4.90 Å². The first-order valence-electron chi connectivity index (χ1n) is 16.3. The summed E-state index contributed by atoms with van der Waals surface area (Å²) in [5, 5.41) is 116. The second kappa shape index (κ2) is 17.5. The van der Waals surface area contributed by atoms with E-state index in [1.54, 1.807) is 0 Å². The van der Waals surface area contributed by atoms with Crippen LogP contribution < -0.4 is 0 Å². The molecule has 4 fully saturated rings. The third kappa shape index (κ3) is 8.33. The number of carbonyl (C=O) groups excluding carboxylic acids is 1. The minimum absolute atomic E-state index is 0.0859. The molecule has 20 nitrogen and oxygen atoms in total. The van der Waals surface area contributed by atoms with Crippen LogP contribution >= 0.6 is 0 Å². The van der Waals surface area contributed by atoms with Gasteiger partial charge in [0.25, 0.3) is 0 Å². The Morgan fingerprint density at radius 3 is 1.76 bits per heavy atom. The van der Waals surface area contributed by atoms with Gasteiger partial charge in [-0.25, -0.2) is 0 Å². The van der Waals surface area contributed by atoms with Crippen LogP contribution in [0.5, 0.6) is 0 Å². The van der Waals surface area contributed by atoms with Crippen molar-refractivity contribution < 1.29 is 94.1 Å². The van der Waals surface area contributed by atoms with E-state index in [0.29, 0.717) is 0 Å². The zero-order valence-corrected chi connectivity index (χ0v) is 27.8. The van der Waals surface area contributed by atoms with Gasteiger partial charge in [-0.3, -0.25) is 4.79 Å². The zero-order chi connectivity index (χ0) is 37.2. The van der Waals surface area contributed by atoms with Gasteiger partial charge >= 0.3 is 0 Å². The molecule has 11 N–H and O–H groups in total. The number of aliphatic hydroxyl groups excluding tert-OH is 11. The Morgan fingerprint density at radius 2 is 1.18 bits per heavy atom. The number of amides is 1. The fraction of sp³-hybridized carbons (Fsp3) is 0.900. The van der Waals surface area contributed by atoms with Crippen LogP contribution in [0.4, 0.5) is 0 Å². The second-order valence-electron chi connectivity index (χ2n) is 13.0. The summed E-state index contributed by atoms with van der Waals surface area (Å²) in [5.41, 5.74) is 0. The van der Waals surface area contributed by atoms with Gasteiger partial charge in [-0.15, -0.1) is 6.58 Å². The molecule has 0 aromatic heterocycles. The molecule has 1 amide bonds. The molecule has 290 valence electrons. The average molecular weight is 730 g/mol. The van der Waals surface area contributed by atoms with E-state index in [1.165, 1.54) is 26.8 Å². The van der Waals surface area contributed by atoms with Gasteiger partial charge in [0.1, 0.15) is 79.4 Å². The highest BCUT2D eigenvalue weighted by Crippen LogP contribution is 2.37. The van der Waals surface area contributed by atoms with Crippen molar-refractivity contribution in [3.05, 3.63) is 12.7 Å². The van der Waals surface area contributed by atoms with Gasteiger partial charge in [0.2, 0.25) is 5.91 Å². The summed E-state index contributed by atoms with van der Waals surface area (Å²) in [6.45, 7) is 5.08. The summed E-state index contributed by atoms with van der Waals surface area (Å²) in [6, 6.07) is 0. The molecule has 20 heteroatoms. The van der Waals surface area contributed by atoms with Crippen molar-refractivity contribution >= 4 is 5.91 Å². The summed E-state index contributed by atoms with van der Waals surface area (Å²) in [7, 11) is 0. The normalized spacial score (nSPS) is 48.6. The SMILES string of the molecule is C=CCN(C(C)=O)C1O[C@@H](CO)[C@@H](OC2OC(CO)[C@H](O)[C@H](OC3OC(CO)[C@H](O)[C@H](O)[C@@H]3C)[C@@H]2OC2OC(C)[C@@H](O)[C@H](O)[C@H]2O)C(O)C1O. The molecule has 4 saturated heterocycles. The van der Waals surface area contributed by atoms with Gasteiger partial charge in [0.05, 0.1) is 32.0 Å². The minimum atomic E-state index is -1.89. The Kier molecular flexibility index (Phi) is 14.5. The highest BCUT2D eigenvalue weighted by molar-refractivity contribution is 5.73. The summed E-state index contributed by atoms with van der Waals surface area (Å²) in [4.78, 5) is 13.4. The average Bonchev–Trinajstić information content (AvgIpc) is 3.09. The molecule has 4 rings (SSSR count). The van der Waals surface area contributed by atoms with E-state index >= 15 is 0 Å². The monoisotopic (exact) mass is 729 g/mol.